The van der Waals surface area contributed by atoms with E-state index in [9.17, 15) is 0 Å². The molecule has 0 atom stereocenters. The fourth-order valence-corrected chi connectivity index (χ4v) is 7.67. The minimum absolute atomic E-state index is 0.413. The molecular weight excluding hydrogens is 661 g/mol. The van der Waals surface area contributed by atoms with Crippen molar-refractivity contribution in [3.05, 3.63) is 162 Å². The highest BCUT2D eigenvalue weighted by Crippen LogP contribution is 2.40. The summed E-state index contributed by atoms with van der Waals surface area (Å²) in [6.45, 7) is 18.0. The van der Waals surface area contributed by atoms with Gasteiger partial charge >= 0.3 is 0 Å². The number of imidazole rings is 1. The minimum atomic E-state index is 0.413. The van der Waals surface area contributed by atoms with Gasteiger partial charge in [-0.2, -0.15) is 0 Å². The first-order valence-electron chi connectivity index (χ1n) is 19.1. The summed E-state index contributed by atoms with van der Waals surface area (Å²) in [5.41, 5.74) is 13.3. The quantitative estimate of drug-likeness (QED) is 0.111. The first-order valence-corrected chi connectivity index (χ1v) is 19.1. The molecule has 54 heavy (non-hydrogen) atoms. The van der Waals surface area contributed by atoms with Crippen LogP contribution in [0.25, 0.3) is 50.1 Å². The van der Waals surface area contributed by atoms with E-state index in [1.807, 2.05) is 29.1 Å². The molecule has 0 bridgehead atoms. The third kappa shape index (κ3) is 6.38. The number of benzene rings is 5. The Morgan fingerprint density at radius 1 is 0.704 bits per heavy atom. The van der Waals surface area contributed by atoms with Crippen molar-refractivity contribution < 1.29 is 9.30 Å². The van der Waals surface area contributed by atoms with E-state index in [0.717, 1.165) is 50.9 Å². The van der Waals surface area contributed by atoms with E-state index in [2.05, 4.69) is 174 Å². The van der Waals surface area contributed by atoms with Crippen molar-refractivity contribution in [3.63, 3.8) is 0 Å². The molecule has 0 aliphatic heterocycles. The third-order valence-corrected chi connectivity index (χ3v) is 10.6. The Kier molecular flexibility index (Phi) is 9.19. The highest BCUT2D eigenvalue weighted by atomic mass is 16.5. The second-order valence-corrected chi connectivity index (χ2v) is 15.5. The van der Waals surface area contributed by atoms with Crippen molar-refractivity contribution in [1.82, 2.24) is 14.1 Å². The Hall–Kier alpha value is -5.94. The fraction of sp³-hybridized carbons (Fsp3) is 0.224. The molecule has 0 saturated heterocycles. The number of rotatable bonds is 9. The monoisotopic (exact) mass is 708 g/mol. The van der Waals surface area contributed by atoms with Gasteiger partial charge in [0.15, 0.2) is 0 Å². The Morgan fingerprint density at radius 2 is 1.46 bits per heavy atom. The van der Waals surface area contributed by atoms with Gasteiger partial charge in [-0.1, -0.05) is 96.1 Å². The molecule has 0 unspecified atom stereocenters. The molecule has 0 aliphatic carbocycles. The van der Waals surface area contributed by atoms with Crippen molar-refractivity contribution in [3.8, 4) is 39.8 Å². The molecule has 8 aromatic rings. The van der Waals surface area contributed by atoms with Crippen LogP contribution in [0.5, 0.6) is 11.5 Å². The molecular formula is C49H48N4O. The third-order valence-electron chi connectivity index (χ3n) is 10.6. The molecule has 3 heterocycles. The molecule has 0 saturated carbocycles. The summed E-state index contributed by atoms with van der Waals surface area (Å²) in [6, 6.07) is 38.9. The van der Waals surface area contributed by atoms with E-state index in [1.54, 1.807) is 0 Å². The summed E-state index contributed by atoms with van der Waals surface area (Å²) in [7, 11) is 0. The number of fused-ring (bicyclic) bond motifs is 3. The van der Waals surface area contributed by atoms with E-state index >= 15 is 0 Å². The van der Waals surface area contributed by atoms with Crippen LogP contribution < -0.4 is 9.30 Å². The molecule has 0 amide bonds. The number of aromatic nitrogens is 4. The Balaban J connectivity index is 1.12. The number of hydrogen-bond acceptors (Lipinski definition) is 2. The van der Waals surface area contributed by atoms with Crippen molar-refractivity contribution in [1.29, 1.82) is 0 Å². The average Bonchev–Trinajstić information content (AvgIpc) is 3.80. The van der Waals surface area contributed by atoms with Gasteiger partial charge in [0.1, 0.15) is 17.3 Å². The Labute approximate surface area is 319 Å². The molecule has 5 heteroatoms. The summed E-state index contributed by atoms with van der Waals surface area (Å²) in [4.78, 5) is 4.81. The zero-order chi connectivity index (χ0) is 37.7. The lowest BCUT2D eigenvalue weighted by molar-refractivity contribution is -0.599. The van der Waals surface area contributed by atoms with Gasteiger partial charge in [-0.05, 0) is 120 Å². The number of hydrogen-bond donors (Lipinski definition) is 0. The van der Waals surface area contributed by atoms with Crippen LogP contribution in [-0.4, -0.2) is 14.1 Å². The molecule has 270 valence electrons. The molecule has 3 aromatic heterocycles. The van der Waals surface area contributed by atoms with Gasteiger partial charge in [-0.25, -0.2) is 4.98 Å². The summed E-state index contributed by atoms with van der Waals surface area (Å²) < 4.78 is 13.0. The van der Waals surface area contributed by atoms with E-state index in [4.69, 9.17) is 9.72 Å². The first kappa shape index (κ1) is 35.1. The SMILES string of the molecule is Cc1ccc(-n2c3ccccc3c3ccc(Oc4cccc(-n5[c-][n+](-c6cccc(-c7c(C(C)C)cc(C(C)C)cc7C(C)C)c6)cc5)c4)c(C)c32)nc1. The first-order chi connectivity index (χ1) is 26.1. The highest BCUT2D eigenvalue weighted by Gasteiger charge is 2.20. The molecule has 0 fully saturated rings. The van der Waals surface area contributed by atoms with E-state index in [0.29, 0.717) is 17.8 Å². The van der Waals surface area contributed by atoms with Gasteiger partial charge in [0.25, 0.3) is 6.33 Å². The second-order valence-electron chi connectivity index (χ2n) is 15.5. The number of pyridine rings is 1. The van der Waals surface area contributed by atoms with Gasteiger partial charge in [-0.3, -0.25) is 13.7 Å². The number of ether oxygens (including phenoxy) is 1. The molecule has 0 N–H and O–H groups in total. The minimum Gasteiger partial charge on any atom is -0.458 e. The molecule has 0 aliphatic rings. The van der Waals surface area contributed by atoms with E-state index in [1.165, 1.54) is 38.6 Å². The number of aryl methyl sites for hydroxylation is 2. The van der Waals surface area contributed by atoms with Crippen LogP contribution in [0.2, 0.25) is 0 Å². The summed E-state index contributed by atoms with van der Waals surface area (Å²) in [5, 5.41) is 2.37. The fourth-order valence-electron chi connectivity index (χ4n) is 7.67. The van der Waals surface area contributed by atoms with Gasteiger partial charge in [-0.15, -0.1) is 0 Å². The predicted octanol–water partition coefficient (Wildman–Crippen LogP) is 12.5. The second kappa shape index (κ2) is 14.1. The largest absolute Gasteiger partial charge is 0.458 e. The summed E-state index contributed by atoms with van der Waals surface area (Å²) >= 11 is 0. The van der Waals surface area contributed by atoms with E-state index < -0.39 is 0 Å². The van der Waals surface area contributed by atoms with Crippen LogP contribution in [-0.2, 0) is 0 Å². The van der Waals surface area contributed by atoms with Crippen molar-refractivity contribution in [2.75, 3.05) is 0 Å². The van der Waals surface area contributed by atoms with Crippen molar-refractivity contribution >= 4 is 21.8 Å². The van der Waals surface area contributed by atoms with Gasteiger partial charge in [0, 0.05) is 34.9 Å². The van der Waals surface area contributed by atoms with Crippen LogP contribution in [0, 0.1) is 20.2 Å². The number of nitrogens with zero attached hydrogens (tertiary/aromatic N) is 4. The molecule has 0 spiro atoms. The lowest BCUT2D eigenvalue weighted by Crippen LogP contribution is -2.28. The molecule has 5 aromatic carbocycles. The van der Waals surface area contributed by atoms with Crippen LogP contribution in [0.4, 0.5) is 0 Å². The van der Waals surface area contributed by atoms with Crippen molar-refractivity contribution in [2.45, 2.75) is 73.1 Å². The topological polar surface area (TPSA) is 35.9 Å². The maximum atomic E-state index is 6.66. The smallest absolute Gasteiger partial charge is 0.268 e. The van der Waals surface area contributed by atoms with E-state index in [-0.39, 0.29) is 0 Å². The van der Waals surface area contributed by atoms with Crippen LogP contribution in [0.15, 0.2) is 128 Å². The zero-order valence-corrected chi connectivity index (χ0v) is 32.6. The zero-order valence-electron chi connectivity index (χ0n) is 32.6. The maximum Gasteiger partial charge on any atom is 0.268 e. The van der Waals surface area contributed by atoms with Crippen molar-refractivity contribution in [2.24, 2.45) is 0 Å². The van der Waals surface area contributed by atoms with Crippen LogP contribution in [0.1, 0.15) is 87.1 Å². The highest BCUT2D eigenvalue weighted by molar-refractivity contribution is 6.10. The standard InChI is InChI=1S/C49H48N4O/c1-31(2)37-26-43(32(3)4)48(44(27-37)33(5)6)36-13-11-14-38(25-36)51-23-24-52(30-51)39-15-12-16-40(28-39)54-46-21-20-42-41-17-9-10-18-45(41)53(49(42)35(46)8)47-22-19-34(7)29-50-47/h9-29,31-33H,1-8H3. The molecule has 8 rings (SSSR count). The summed E-state index contributed by atoms with van der Waals surface area (Å²) in [5.74, 6) is 3.76. The Bertz CT molecular complexity index is 2610. The summed E-state index contributed by atoms with van der Waals surface area (Å²) in [6.07, 6.45) is 9.60. The van der Waals surface area contributed by atoms with Gasteiger partial charge < -0.3 is 4.74 Å². The van der Waals surface area contributed by atoms with Gasteiger partial charge in [0.2, 0.25) is 0 Å². The maximum absolute atomic E-state index is 6.66. The molecule has 5 nitrogen and oxygen atoms in total. The lowest BCUT2D eigenvalue weighted by Gasteiger charge is -2.23. The lowest BCUT2D eigenvalue weighted by atomic mass is 9.82. The normalized spacial score (nSPS) is 11.8. The van der Waals surface area contributed by atoms with Crippen LogP contribution >= 0.6 is 0 Å². The van der Waals surface area contributed by atoms with Crippen LogP contribution in [0.3, 0.4) is 0 Å². The number of para-hydroxylation sites is 1. The Morgan fingerprint density at radius 3 is 2.19 bits per heavy atom. The molecule has 0 radical (unpaired) electrons. The van der Waals surface area contributed by atoms with Gasteiger partial charge in [0.05, 0.1) is 22.4 Å². The predicted molar refractivity (Wildman–Crippen MR) is 222 cm³/mol. The average molecular weight is 709 g/mol.